The van der Waals surface area contributed by atoms with Gasteiger partial charge in [0.15, 0.2) is 0 Å². The topological polar surface area (TPSA) is 69.8 Å². The van der Waals surface area contributed by atoms with Gasteiger partial charge in [-0.05, 0) is 65.6 Å². The third kappa shape index (κ3) is 3.32. The molecule has 0 saturated carbocycles. The Labute approximate surface area is 122 Å². The van der Waals surface area contributed by atoms with Crippen LogP contribution in [0.5, 0.6) is 0 Å². The van der Waals surface area contributed by atoms with Crippen LogP contribution in [-0.4, -0.2) is 65.2 Å². The zero-order chi connectivity index (χ0) is 14.9. The van der Waals surface area contributed by atoms with Gasteiger partial charge in [0, 0.05) is 18.6 Å². The van der Waals surface area contributed by atoms with Crippen LogP contribution in [0.2, 0.25) is 0 Å². The summed E-state index contributed by atoms with van der Waals surface area (Å²) in [6.45, 7) is 7.10. The van der Waals surface area contributed by atoms with Crippen molar-refractivity contribution in [2.24, 2.45) is 11.7 Å². The number of carboxylic acid groups (broad SMARTS) is 1. The molecule has 2 aliphatic heterocycles. The lowest BCUT2D eigenvalue weighted by molar-refractivity contribution is -0.143. The molecule has 2 saturated heterocycles. The van der Waals surface area contributed by atoms with Gasteiger partial charge in [-0.15, -0.1) is 0 Å². The summed E-state index contributed by atoms with van der Waals surface area (Å²) in [6, 6.07) is 0.949. The molecular weight excluding hydrogens is 254 g/mol. The molecule has 2 fully saturated rings. The number of rotatable bonds is 4. The van der Waals surface area contributed by atoms with E-state index in [-0.39, 0.29) is 6.04 Å². The molecular formula is C15H29N3O2. The number of nitrogens with zero attached hydrogens (tertiary/aromatic N) is 2. The van der Waals surface area contributed by atoms with Crippen molar-refractivity contribution in [3.05, 3.63) is 0 Å². The normalized spacial score (nSPS) is 33.2. The smallest absolute Gasteiger partial charge is 0.323 e. The zero-order valence-electron chi connectivity index (χ0n) is 13.0. The monoisotopic (exact) mass is 283 g/mol. The minimum Gasteiger partial charge on any atom is -0.480 e. The summed E-state index contributed by atoms with van der Waals surface area (Å²) >= 11 is 0. The molecule has 0 aromatic heterocycles. The van der Waals surface area contributed by atoms with E-state index in [9.17, 15) is 4.79 Å². The highest BCUT2D eigenvalue weighted by Gasteiger charge is 2.38. The Balaban J connectivity index is 1.93. The largest absolute Gasteiger partial charge is 0.480 e. The van der Waals surface area contributed by atoms with Crippen LogP contribution in [0, 0.1) is 5.92 Å². The van der Waals surface area contributed by atoms with Gasteiger partial charge in [0.2, 0.25) is 0 Å². The third-order valence-corrected chi connectivity index (χ3v) is 5.21. The van der Waals surface area contributed by atoms with E-state index in [0.717, 1.165) is 25.0 Å². The highest BCUT2D eigenvalue weighted by Crippen LogP contribution is 2.31. The van der Waals surface area contributed by atoms with Crippen LogP contribution in [0.1, 0.15) is 39.5 Å². The Hall–Kier alpha value is -0.650. The van der Waals surface area contributed by atoms with Gasteiger partial charge in [0.25, 0.3) is 0 Å². The minimum atomic E-state index is -1.13. The summed E-state index contributed by atoms with van der Waals surface area (Å²) in [5.74, 6) is -0.171. The molecule has 4 unspecified atom stereocenters. The molecule has 2 rings (SSSR count). The molecule has 4 atom stereocenters. The maximum Gasteiger partial charge on any atom is 0.323 e. The lowest BCUT2D eigenvalue weighted by Crippen LogP contribution is -2.56. The minimum absolute atomic E-state index is 0.231. The Morgan fingerprint density at radius 1 is 1.45 bits per heavy atom. The summed E-state index contributed by atoms with van der Waals surface area (Å²) in [6.07, 6.45) is 4.29. The number of carbonyl (C=O) groups is 1. The fourth-order valence-electron chi connectivity index (χ4n) is 3.91. The van der Waals surface area contributed by atoms with Gasteiger partial charge in [0.05, 0.1) is 0 Å². The van der Waals surface area contributed by atoms with E-state index in [1.165, 1.54) is 25.8 Å². The van der Waals surface area contributed by atoms with E-state index in [4.69, 9.17) is 10.8 Å². The summed E-state index contributed by atoms with van der Waals surface area (Å²) in [4.78, 5) is 16.1. The number of piperidine rings is 2. The summed E-state index contributed by atoms with van der Waals surface area (Å²) in [5, 5.41) is 9.16. The van der Waals surface area contributed by atoms with Crippen molar-refractivity contribution < 1.29 is 9.90 Å². The van der Waals surface area contributed by atoms with Crippen LogP contribution in [0.4, 0.5) is 0 Å². The standard InChI is InChI=1S/C15H29N3O2/c1-11(9-15(2,16)14(19)20)18-8-6-13-12(10-18)5-4-7-17(13)3/h11-13H,4-10,16H2,1-3H3,(H,19,20). The van der Waals surface area contributed by atoms with Crippen molar-refractivity contribution in [1.29, 1.82) is 0 Å². The molecule has 5 heteroatoms. The van der Waals surface area contributed by atoms with Crippen molar-refractivity contribution in [2.45, 2.75) is 57.2 Å². The van der Waals surface area contributed by atoms with Gasteiger partial charge in [-0.1, -0.05) is 0 Å². The molecule has 2 aliphatic rings. The average Bonchev–Trinajstić information content (AvgIpc) is 2.38. The molecule has 3 N–H and O–H groups in total. The number of fused-ring (bicyclic) bond motifs is 1. The number of aliphatic carboxylic acids is 1. The number of likely N-dealkylation sites (tertiary alicyclic amines) is 2. The second-order valence-corrected chi connectivity index (χ2v) is 7.01. The van der Waals surface area contributed by atoms with Gasteiger partial charge in [-0.25, -0.2) is 0 Å². The fourth-order valence-corrected chi connectivity index (χ4v) is 3.91. The molecule has 116 valence electrons. The molecule has 0 bridgehead atoms. The molecule has 20 heavy (non-hydrogen) atoms. The van der Waals surface area contributed by atoms with Crippen molar-refractivity contribution >= 4 is 5.97 Å². The van der Waals surface area contributed by atoms with Crippen molar-refractivity contribution in [1.82, 2.24) is 9.80 Å². The van der Waals surface area contributed by atoms with Gasteiger partial charge >= 0.3 is 5.97 Å². The van der Waals surface area contributed by atoms with E-state index in [2.05, 4.69) is 23.8 Å². The van der Waals surface area contributed by atoms with E-state index < -0.39 is 11.5 Å². The predicted octanol–water partition coefficient (Wildman–Crippen LogP) is 0.983. The second kappa shape index (κ2) is 6.00. The Morgan fingerprint density at radius 3 is 2.80 bits per heavy atom. The average molecular weight is 283 g/mol. The molecule has 0 amide bonds. The second-order valence-electron chi connectivity index (χ2n) is 7.01. The third-order valence-electron chi connectivity index (χ3n) is 5.21. The zero-order valence-corrected chi connectivity index (χ0v) is 13.0. The molecule has 2 heterocycles. The maximum absolute atomic E-state index is 11.2. The maximum atomic E-state index is 11.2. The summed E-state index contributed by atoms with van der Waals surface area (Å²) in [5.41, 5.74) is 4.76. The van der Waals surface area contributed by atoms with Crippen molar-refractivity contribution in [2.75, 3.05) is 26.7 Å². The molecule has 0 aliphatic carbocycles. The van der Waals surface area contributed by atoms with Gasteiger partial charge < -0.3 is 20.6 Å². The van der Waals surface area contributed by atoms with Gasteiger partial charge in [0.1, 0.15) is 5.54 Å². The van der Waals surface area contributed by atoms with E-state index >= 15 is 0 Å². The van der Waals surface area contributed by atoms with E-state index in [1.807, 2.05) is 0 Å². The fraction of sp³-hybridized carbons (Fsp3) is 0.933. The number of hydrogen-bond acceptors (Lipinski definition) is 4. The summed E-state index contributed by atoms with van der Waals surface area (Å²) in [7, 11) is 2.23. The first kappa shape index (κ1) is 15.7. The van der Waals surface area contributed by atoms with Crippen molar-refractivity contribution in [3.63, 3.8) is 0 Å². The molecule has 0 radical (unpaired) electrons. The Bertz CT molecular complexity index is 359. The first-order valence-electron chi connectivity index (χ1n) is 7.78. The van der Waals surface area contributed by atoms with E-state index in [1.54, 1.807) is 6.92 Å². The van der Waals surface area contributed by atoms with Crippen LogP contribution < -0.4 is 5.73 Å². The number of hydrogen-bond donors (Lipinski definition) is 2. The molecule has 0 spiro atoms. The van der Waals surface area contributed by atoms with Crippen LogP contribution in [0.3, 0.4) is 0 Å². The number of nitrogens with two attached hydrogens (primary N) is 1. The van der Waals surface area contributed by atoms with Gasteiger partial charge in [-0.3, -0.25) is 4.79 Å². The lowest BCUT2D eigenvalue weighted by atomic mass is 9.83. The SMILES string of the molecule is CC(CC(C)(N)C(=O)O)N1CCC2C(CCCN2C)C1. The summed E-state index contributed by atoms with van der Waals surface area (Å²) < 4.78 is 0. The highest BCUT2D eigenvalue weighted by molar-refractivity contribution is 5.77. The van der Waals surface area contributed by atoms with Crippen LogP contribution in [-0.2, 0) is 4.79 Å². The first-order chi connectivity index (χ1) is 9.31. The van der Waals surface area contributed by atoms with Crippen LogP contribution in [0.15, 0.2) is 0 Å². The molecule has 5 nitrogen and oxygen atoms in total. The molecule has 0 aromatic carbocycles. The first-order valence-corrected chi connectivity index (χ1v) is 7.78. The Morgan fingerprint density at radius 2 is 2.15 bits per heavy atom. The number of carboxylic acids is 1. The van der Waals surface area contributed by atoms with Crippen LogP contribution >= 0.6 is 0 Å². The molecule has 0 aromatic rings. The quantitative estimate of drug-likeness (QED) is 0.805. The predicted molar refractivity (Wildman–Crippen MR) is 79.6 cm³/mol. The van der Waals surface area contributed by atoms with E-state index in [0.29, 0.717) is 6.42 Å². The Kier molecular flexibility index (Phi) is 4.72. The highest BCUT2D eigenvalue weighted by atomic mass is 16.4. The lowest BCUT2D eigenvalue weighted by Gasteiger charge is -2.48. The van der Waals surface area contributed by atoms with Crippen LogP contribution in [0.25, 0.3) is 0 Å². The van der Waals surface area contributed by atoms with Crippen molar-refractivity contribution in [3.8, 4) is 0 Å². The van der Waals surface area contributed by atoms with Gasteiger partial charge in [-0.2, -0.15) is 0 Å².